The first-order valence-corrected chi connectivity index (χ1v) is 5.67. The van der Waals surface area contributed by atoms with Crippen molar-refractivity contribution < 1.29 is 19.1 Å². The third kappa shape index (κ3) is 3.07. The van der Waals surface area contributed by atoms with E-state index in [1.165, 1.54) is 6.20 Å². The highest BCUT2D eigenvalue weighted by Gasteiger charge is 2.13. The van der Waals surface area contributed by atoms with E-state index >= 15 is 0 Å². The van der Waals surface area contributed by atoms with Crippen molar-refractivity contribution in [3.05, 3.63) is 52.8 Å². The van der Waals surface area contributed by atoms with Crippen LogP contribution in [-0.4, -0.2) is 27.0 Å². The number of anilines is 1. The molecule has 0 aliphatic heterocycles. The van der Waals surface area contributed by atoms with Gasteiger partial charge in [0.15, 0.2) is 0 Å². The van der Waals surface area contributed by atoms with Crippen molar-refractivity contribution in [3.8, 4) is 0 Å². The molecule has 0 aliphatic carbocycles. The number of carboxylic acid groups (broad SMARTS) is 1. The minimum absolute atomic E-state index is 0.0745. The molecule has 0 spiro atoms. The molecule has 2 N–H and O–H groups in total. The standard InChI is InChI=1S/C12H7ClFN3O3/c13-10-5-15-9(4-16-10)11(18)17-8-3-6(12(19)20)1-2-7(8)14/h1-5H,(H,17,18)(H,19,20). The number of amides is 1. The fourth-order valence-corrected chi connectivity index (χ4v) is 1.47. The predicted octanol–water partition coefficient (Wildman–Crippen LogP) is 2.22. The van der Waals surface area contributed by atoms with Crippen LogP contribution in [0.3, 0.4) is 0 Å². The van der Waals surface area contributed by atoms with Crippen LogP contribution in [0.15, 0.2) is 30.6 Å². The summed E-state index contributed by atoms with van der Waals surface area (Å²) in [6, 6.07) is 3.06. The van der Waals surface area contributed by atoms with Gasteiger partial charge in [-0.25, -0.2) is 19.2 Å². The molecule has 1 aromatic heterocycles. The lowest BCUT2D eigenvalue weighted by molar-refractivity contribution is 0.0696. The molecule has 102 valence electrons. The summed E-state index contributed by atoms with van der Waals surface area (Å²) in [5, 5.41) is 11.1. The third-order valence-corrected chi connectivity index (χ3v) is 2.51. The molecule has 0 atom stereocenters. The van der Waals surface area contributed by atoms with E-state index in [1.807, 2.05) is 0 Å². The monoisotopic (exact) mass is 295 g/mol. The Morgan fingerprint density at radius 3 is 2.60 bits per heavy atom. The molecule has 1 aromatic carbocycles. The number of hydrogen-bond acceptors (Lipinski definition) is 4. The summed E-state index contributed by atoms with van der Waals surface area (Å²) in [7, 11) is 0. The van der Waals surface area contributed by atoms with Crippen LogP contribution in [-0.2, 0) is 0 Å². The first-order valence-electron chi connectivity index (χ1n) is 5.29. The quantitative estimate of drug-likeness (QED) is 0.906. The van der Waals surface area contributed by atoms with Gasteiger partial charge in [-0.05, 0) is 18.2 Å². The summed E-state index contributed by atoms with van der Waals surface area (Å²) in [4.78, 5) is 30.0. The lowest BCUT2D eigenvalue weighted by Gasteiger charge is -2.06. The van der Waals surface area contributed by atoms with Gasteiger partial charge in [-0.2, -0.15) is 0 Å². The topological polar surface area (TPSA) is 92.2 Å². The smallest absolute Gasteiger partial charge is 0.335 e. The molecule has 0 radical (unpaired) electrons. The first-order chi connectivity index (χ1) is 9.47. The van der Waals surface area contributed by atoms with Gasteiger partial charge >= 0.3 is 5.97 Å². The van der Waals surface area contributed by atoms with E-state index in [-0.39, 0.29) is 22.1 Å². The van der Waals surface area contributed by atoms with Crippen molar-refractivity contribution in [1.29, 1.82) is 0 Å². The van der Waals surface area contributed by atoms with E-state index in [0.29, 0.717) is 0 Å². The highest BCUT2D eigenvalue weighted by atomic mass is 35.5. The molecule has 2 rings (SSSR count). The minimum atomic E-state index is -1.23. The van der Waals surface area contributed by atoms with Crippen LogP contribution in [0.1, 0.15) is 20.8 Å². The molecular formula is C12H7ClFN3O3. The summed E-state index contributed by atoms with van der Waals surface area (Å²) in [6.45, 7) is 0. The Kier molecular flexibility index (Phi) is 3.90. The Hall–Kier alpha value is -2.54. The molecule has 2 aromatic rings. The van der Waals surface area contributed by atoms with Gasteiger partial charge in [-0.15, -0.1) is 0 Å². The van der Waals surface area contributed by atoms with Crippen LogP contribution >= 0.6 is 11.6 Å². The second-order valence-corrected chi connectivity index (χ2v) is 4.07. The van der Waals surface area contributed by atoms with Crippen molar-refractivity contribution in [2.24, 2.45) is 0 Å². The number of carboxylic acids is 1. The number of benzene rings is 1. The van der Waals surface area contributed by atoms with E-state index in [2.05, 4.69) is 15.3 Å². The molecule has 6 nitrogen and oxygen atoms in total. The van der Waals surface area contributed by atoms with E-state index in [1.54, 1.807) is 0 Å². The van der Waals surface area contributed by atoms with Crippen molar-refractivity contribution in [3.63, 3.8) is 0 Å². The van der Waals surface area contributed by atoms with Crippen LogP contribution in [0.25, 0.3) is 0 Å². The normalized spacial score (nSPS) is 10.1. The molecule has 0 saturated carbocycles. The fraction of sp³-hybridized carbons (Fsp3) is 0. The second-order valence-electron chi connectivity index (χ2n) is 3.68. The molecule has 8 heteroatoms. The van der Waals surface area contributed by atoms with Crippen molar-refractivity contribution >= 4 is 29.2 Å². The number of hydrogen-bond donors (Lipinski definition) is 2. The number of carbonyl (C=O) groups is 2. The molecule has 0 unspecified atom stereocenters. The van der Waals surface area contributed by atoms with Crippen LogP contribution < -0.4 is 5.32 Å². The summed E-state index contributed by atoms with van der Waals surface area (Å²) >= 11 is 5.53. The second kappa shape index (κ2) is 5.62. The lowest BCUT2D eigenvalue weighted by Crippen LogP contribution is -2.15. The summed E-state index contributed by atoms with van der Waals surface area (Å²) in [6.07, 6.45) is 2.29. The van der Waals surface area contributed by atoms with Gasteiger partial charge in [-0.3, -0.25) is 4.79 Å². The maximum atomic E-state index is 13.5. The summed E-state index contributed by atoms with van der Waals surface area (Å²) in [5.41, 5.74) is -0.481. The fourth-order valence-electron chi connectivity index (χ4n) is 1.37. The molecule has 0 fully saturated rings. The summed E-state index contributed by atoms with van der Waals surface area (Å²) < 4.78 is 13.5. The SMILES string of the molecule is O=C(O)c1ccc(F)c(NC(=O)c2cnc(Cl)cn2)c1. The average molecular weight is 296 g/mol. The van der Waals surface area contributed by atoms with Crippen LogP contribution in [0, 0.1) is 5.82 Å². The Balaban J connectivity index is 2.25. The first kappa shape index (κ1) is 13.9. The van der Waals surface area contributed by atoms with E-state index < -0.39 is 17.7 Å². The van der Waals surface area contributed by atoms with E-state index in [4.69, 9.17) is 16.7 Å². The van der Waals surface area contributed by atoms with Gasteiger partial charge in [0, 0.05) is 0 Å². The molecule has 20 heavy (non-hydrogen) atoms. The third-order valence-electron chi connectivity index (χ3n) is 2.31. The predicted molar refractivity (Wildman–Crippen MR) is 68.4 cm³/mol. The van der Waals surface area contributed by atoms with Gasteiger partial charge in [-0.1, -0.05) is 11.6 Å². The number of aromatic carboxylic acids is 1. The van der Waals surface area contributed by atoms with E-state index in [9.17, 15) is 14.0 Å². The average Bonchev–Trinajstić information content (AvgIpc) is 2.41. The molecule has 0 bridgehead atoms. The number of aromatic nitrogens is 2. The number of halogens is 2. The largest absolute Gasteiger partial charge is 0.478 e. The molecule has 0 aliphatic rings. The highest BCUT2D eigenvalue weighted by Crippen LogP contribution is 2.17. The zero-order chi connectivity index (χ0) is 14.7. The maximum Gasteiger partial charge on any atom is 0.335 e. The van der Waals surface area contributed by atoms with Crippen LogP contribution in [0.5, 0.6) is 0 Å². The Morgan fingerprint density at radius 2 is 2.00 bits per heavy atom. The number of nitrogens with one attached hydrogen (secondary N) is 1. The molecule has 0 saturated heterocycles. The lowest BCUT2D eigenvalue weighted by atomic mass is 10.2. The molecule has 1 heterocycles. The van der Waals surface area contributed by atoms with Gasteiger partial charge in [0.05, 0.1) is 23.6 Å². The number of rotatable bonds is 3. The maximum absolute atomic E-state index is 13.5. The van der Waals surface area contributed by atoms with Gasteiger partial charge in [0.25, 0.3) is 5.91 Å². The number of nitrogens with zero attached hydrogens (tertiary/aromatic N) is 2. The van der Waals surface area contributed by atoms with Crippen molar-refractivity contribution in [2.45, 2.75) is 0 Å². The minimum Gasteiger partial charge on any atom is -0.478 e. The molecular weight excluding hydrogens is 289 g/mol. The summed E-state index contributed by atoms with van der Waals surface area (Å²) in [5.74, 6) is -2.72. The Bertz CT molecular complexity index is 676. The van der Waals surface area contributed by atoms with Gasteiger partial charge in [0.1, 0.15) is 16.7 Å². The zero-order valence-electron chi connectivity index (χ0n) is 9.80. The van der Waals surface area contributed by atoms with Gasteiger partial charge in [0.2, 0.25) is 0 Å². The zero-order valence-corrected chi connectivity index (χ0v) is 10.6. The molecule has 1 amide bonds. The number of carbonyl (C=O) groups excluding carboxylic acids is 1. The van der Waals surface area contributed by atoms with Crippen LogP contribution in [0.4, 0.5) is 10.1 Å². The van der Waals surface area contributed by atoms with E-state index in [0.717, 1.165) is 24.4 Å². The van der Waals surface area contributed by atoms with Gasteiger partial charge < -0.3 is 10.4 Å². The van der Waals surface area contributed by atoms with Crippen molar-refractivity contribution in [2.75, 3.05) is 5.32 Å². The Morgan fingerprint density at radius 1 is 1.25 bits per heavy atom. The Labute approximate surface area is 117 Å². The van der Waals surface area contributed by atoms with Crippen LogP contribution in [0.2, 0.25) is 5.15 Å². The highest BCUT2D eigenvalue weighted by molar-refractivity contribution is 6.29. The van der Waals surface area contributed by atoms with Crippen molar-refractivity contribution in [1.82, 2.24) is 9.97 Å².